The first-order valence-electron chi connectivity index (χ1n) is 11.5. The molecule has 1 fully saturated rings. The molecule has 14 heteroatoms. The van der Waals surface area contributed by atoms with Crippen molar-refractivity contribution in [3.63, 3.8) is 0 Å². The third-order valence-corrected chi connectivity index (χ3v) is 7.16. The van der Waals surface area contributed by atoms with Gasteiger partial charge in [0, 0.05) is 31.2 Å². The minimum absolute atomic E-state index is 0.00291. The van der Waals surface area contributed by atoms with Crippen molar-refractivity contribution in [2.45, 2.75) is 32.1 Å². The smallest absolute Gasteiger partial charge is 0.347 e. The standard InChI is InChI=1S/C25H23F4N7O2S/c1-24(2)23(38)35(16-5-4-15(10-30)18(8-16)25(27,28)29)13-39-14-36(24)17-9-19(26)20(32-11-17)12-33-22(37)21-31-6-7-34(21)3/h4-9,11H,12-14H2,1-3H3,(H,33,37). The van der Waals surface area contributed by atoms with Gasteiger partial charge in [0.05, 0.1) is 53.1 Å². The summed E-state index contributed by atoms with van der Waals surface area (Å²) in [5.74, 6) is -1.31. The number of amides is 2. The van der Waals surface area contributed by atoms with Gasteiger partial charge in [0.2, 0.25) is 0 Å². The van der Waals surface area contributed by atoms with Crippen LogP contribution in [0, 0.1) is 17.1 Å². The number of aromatic nitrogens is 3. The number of carbonyl (C=O) groups excluding carboxylic acids is 2. The Hall–Kier alpha value is -4.12. The van der Waals surface area contributed by atoms with E-state index in [1.54, 1.807) is 32.0 Å². The van der Waals surface area contributed by atoms with Crippen molar-refractivity contribution in [3.05, 3.63) is 71.3 Å². The van der Waals surface area contributed by atoms with Crippen LogP contribution in [0.1, 0.15) is 41.3 Å². The van der Waals surface area contributed by atoms with E-state index in [2.05, 4.69) is 15.3 Å². The maximum Gasteiger partial charge on any atom is 0.417 e. The summed E-state index contributed by atoms with van der Waals surface area (Å²) in [7, 11) is 1.65. The number of hydrogen-bond donors (Lipinski definition) is 1. The highest BCUT2D eigenvalue weighted by Crippen LogP contribution is 2.38. The normalized spacial score (nSPS) is 15.6. The predicted octanol–water partition coefficient (Wildman–Crippen LogP) is 4.05. The van der Waals surface area contributed by atoms with Crippen molar-refractivity contribution in [1.29, 1.82) is 5.26 Å². The topological polar surface area (TPSA) is 107 Å². The molecule has 39 heavy (non-hydrogen) atoms. The summed E-state index contributed by atoms with van der Waals surface area (Å²) >= 11 is 1.24. The second-order valence-electron chi connectivity index (χ2n) is 9.19. The van der Waals surface area contributed by atoms with Gasteiger partial charge in [0.15, 0.2) is 5.82 Å². The van der Waals surface area contributed by atoms with Gasteiger partial charge in [-0.05, 0) is 32.0 Å². The van der Waals surface area contributed by atoms with Gasteiger partial charge in [-0.1, -0.05) is 0 Å². The average molecular weight is 562 g/mol. The van der Waals surface area contributed by atoms with Crippen LogP contribution in [0.4, 0.5) is 28.9 Å². The average Bonchev–Trinajstić information content (AvgIpc) is 3.27. The summed E-state index contributed by atoms with van der Waals surface area (Å²) in [6.45, 7) is 2.98. The molecule has 4 rings (SSSR count). The number of thioether (sulfide) groups is 1. The van der Waals surface area contributed by atoms with Crippen molar-refractivity contribution >= 4 is 35.0 Å². The molecule has 0 saturated carbocycles. The fourth-order valence-electron chi connectivity index (χ4n) is 4.07. The molecular weight excluding hydrogens is 538 g/mol. The highest BCUT2D eigenvalue weighted by Gasteiger charge is 2.42. The van der Waals surface area contributed by atoms with E-state index in [-0.39, 0.29) is 41.2 Å². The molecule has 1 aromatic carbocycles. The SMILES string of the molecule is Cn1ccnc1C(=O)NCc1ncc(N2CSCN(c3ccc(C#N)c(C(F)(F)F)c3)C(=O)C2(C)C)cc1F. The number of carbonyl (C=O) groups is 2. The van der Waals surface area contributed by atoms with E-state index in [0.29, 0.717) is 0 Å². The first kappa shape index (κ1) is 27.9. The molecule has 1 saturated heterocycles. The van der Waals surface area contributed by atoms with Crippen LogP contribution in [0.25, 0.3) is 0 Å². The van der Waals surface area contributed by atoms with E-state index in [4.69, 9.17) is 5.26 Å². The lowest BCUT2D eigenvalue weighted by Crippen LogP contribution is -2.54. The Morgan fingerprint density at radius 3 is 2.56 bits per heavy atom. The van der Waals surface area contributed by atoms with Gasteiger partial charge in [-0.3, -0.25) is 14.6 Å². The number of aryl methyl sites for hydroxylation is 1. The molecule has 0 radical (unpaired) electrons. The van der Waals surface area contributed by atoms with Crippen LogP contribution in [0.2, 0.25) is 0 Å². The molecule has 0 bridgehead atoms. The number of nitrogens with one attached hydrogen (secondary N) is 1. The number of halogens is 4. The lowest BCUT2D eigenvalue weighted by Gasteiger charge is -2.38. The molecule has 2 aromatic heterocycles. The second-order valence-corrected chi connectivity index (χ2v) is 10.1. The highest BCUT2D eigenvalue weighted by molar-refractivity contribution is 7.99. The minimum Gasteiger partial charge on any atom is -0.347 e. The first-order valence-corrected chi connectivity index (χ1v) is 12.7. The lowest BCUT2D eigenvalue weighted by atomic mass is 9.99. The molecule has 3 heterocycles. The van der Waals surface area contributed by atoms with Crippen molar-refractivity contribution in [2.75, 3.05) is 21.6 Å². The molecule has 0 spiro atoms. The van der Waals surface area contributed by atoms with E-state index in [0.717, 1.165) is 12.1 Å². The van der Waals surface area contributed by atoms with E-state index in [9.17, 15) is 22.8 Å². The molecule has 0 aliphatic carbocycles. The van der Waals surface area contributed by atoms with E-state index in [1.807, 2.05) is 0 Å². The second kappa shape index (κ2) is 10.6. The van der Waals surface area contributed by atoms with Crippen LogP contribution in [0.15, 0.2) is 42.9 Å². The first-order chi connectivity index (χ1) is 18.3. The van der Waals surface area contributed by atoms with Crippen molar-refractivity contribution < 1.29 is 27.2 Å². The van der Waals surface area contributed by atoms with Crippen molar-refractivity contribution in [3.8, 4) is 6.07 Å². The quantitative estimate of drug-likeness (QED) is 0.469. The Morgan fingerprint density at radius 1 is 1.21 bits per heavy atom. The fourth-order valence-corrected chi connectivity index (χ4v) is 5.26. The van der Waals surface area contributed by atoms with Gasteiger partial charge in [-0.25, -0.2) is 9.37 Å². The van der Waals surface area contributed by atoms with E-state index in [1.165, 1.54) is 51.8 Å². The largest absolute Gasteiger partial charge is 0.417 e. The molecule has 0 atom stereocenters. The Kier molecular flexibility index (Phi) is 7.56. The zero-order valence-electron chi connectivity index (χ0n) is 21.1. The summed E-state index contributed by atoms with van der Waals surface area (Å²) in [5, 5.41) is 11.6. The van der Waals surface area contributed by atoms with Crippen LogP contribution in [-0.4, -0.2) is 43.6 Å². The number of rotatable bonds is 5. The number of alkyl halides is 3. The zero-order chi connectivity index (χ0) is 28.5. The van der Waals surface area contributed by atoms with Gasteiger partial charge >= 0.3 is 6.18 Å². The molecule has 9 nitrogen and oxygen atoms in total. The van der Waals surface area contributed by atoms with Crippen molar-refractivity contribution in [2.24, 2.45) is 7.05 Å². The minimum atomic E-state index is -4.77. The molecule has 1 aliphatic rings. The van der Waals surface area contributed by atoms with Gasteiger partial charge in [0.1, 0.15) is 11.4 Å². The van der Waals surface area contributed by atoms with Crippen LogP contribution in [-0.2, 0) is 24.6 Å². The number of nitriles is 1. The van der Waals surface area contributed by atoms with Gasteiger partial charge < -0.3 is 19.7 Å². The molecule has 204 valence electrons. The lowest BCUT2D eigenvalue weighted by molar-refractivity contribution is -0.137. The number of benzene rings is 1. The Morgan fingerprint density at radius 2 is 1.95 bits per heavy atom. The van der Waals surface area contributed by atoms with Crippen molar-refractivity contribution in [1.82, 2.24) is 19.9 Å². The number of pyridine rings is 1. The van der Waals surface area contributed by atoms with E-state index >= 15 is 4.39 Å². The summed E-state index contributed by atoms with van der Waals surface area (Å²) in [4.78, 5) is 36.8. The summed E-state index contributed by atoms with van der Waals surface area (Å²) < 4.78 is 57.1. The molecule has 3 aromatic rings. The number of hydrogen-bond acceptors (Lipinski definition) is 7. The summed E-state index contributed by atoms with van der Waals surface area (Å²) in [5.41, 5.74) is -2.70. The van der Waals surface area contributed by atoms with Crippen LogP contribution < -0.4 is 15.1 Å². The monoisotopic (exact) mass is 561 g/mol. The molecule has 1 N–H and O–H groups in total. The maximum atomic E-state index is 15.0. The predicted molar refractivity (Wildman–Crippen MR) is 136 cm³/mol. The zero-order valence-corrected chi connectivity index (χ0v) is 21.9. The van der Waals surface area contributed by atoms with Gasteiger partial charge in [-0.15, -0.1) is 11.8 Å². The molecule has 0 unspecified atom stereocenters. The Balaban J connectivity index is 1.56. The van der Waals surface area contributed by atoms with Gasteiger partial charge in [0.25, 0.3) is 11.8 Å². The third-order valence-electron chi connectivity index (χ3n) is 6.28. The van der Waals surface area contributed by atoms with Crippen LogP contribution in [0.3, 0.4) is 0 Å². The van der Waals surface area contributed by atoms with E-state index < -0.39 is 40.5 Å². The van der Waals surface area contributed by atoms with Crippen LogP contribution >= 0.6 is 11.8 Å². The summed E-state index contributed by atoms with van der Waals surface area (Å²) in [6, 6.07) is 5.85. The summed E-state index contributed by atoms with van der Waals surface area (Å²) in [6.07, 6.45) is -0.336. The molecule has 2 amide bonds. The van der Waals surface area contributed by atoms with Gasteiger partial charge in [-0.2, -0.15) is 18.4 Å². The highest BCUT2D eigenvalue weighted by atomic mass is 32.2. The number of imidazole rings is 1. The van der Waals surface area contributed by atoms with Crippen LogP contribution in [0.5, 0.6) is 0 Å². The number of nitrogens with zero attached hydrogens (tertiary/aromatic N) is 6. The molecular formula is C25H23F4N7O2S. The molecule has 1 aliphatic heterocycles. The fraction of sp³-hybridized carbons (Fsp3) is 0.320. The third kappa shape index (κ3) is 5.53. The Bertz CT molecular complexity index is 1470. The maximum absolute atomic E-state index is 15.0. The number of anilines is 2. The Labute approximate surface area is 225 Å².